The van der Waals surface area contributed by atoms with Crippen molar-refractivity contribution in [3.05, 3.63) is 68.7 Å². The van der Waals surface area contributed by atoms with Gasteiger partial charge in [0.1, 0.15) is 11.6 Å². The van der Waals surface area contributed by atoms with Crippen molar-refractivity contribution in [2.75, 3.05) is 0 Å². The highest BCUT2D eigenvalue weighted by molar-refractivity contribution is 9.10. The quantitative estimate of drug-likeness (QED) is 0.734. The van der Waals surface area contributed by atoms with E-state index >= 15 is 0 Å². The predicted molar refractivity (Wildman–Crippen MR) is 68.9 cm³/mol. The molecule has 0 unspecified atom stereocenters. The minimum Gasteiger partial charge on any atom is -0.288 e. The van der Waals surface area contributed by atoms with Gasteiger partial charge in [-0.25, -0.2) is 8.78 Å². The standard InChI is InChI=1S/C13H6BrClF2O/c14-8-6-7(4-5-10(8)16)13(18)12-9(15)2-1-3-11(12)17/h1-6H. The van der Waals surface area contributed by atoms with Gasteiger partial charge >= 0.3 is 0 Å². The second-order valence-corrected chi connectivity index (χ2v) is 4.82. The molecule has 0 aliphatic carbocycles. The van der Waals surface area contributed by atoms with Crippen LogP contribution in [0.5, 0.6) is 0 Å². The van der Waals surface area contributed by atoms with E-state index in [4.69, 9.17) is 11.6 Å². The molecule has 0 spiro atoms. The van der Waals surface area contributed by atoms with Crippen LogP contribution in [0.4, 0.5) is 8.78 Å². The molecule has 0 aliphatic rings. The Hall–Kier alpha value is -1.26. The minimum atomic E-state index is -0.701. The average molecular weight is 332 g/mol. The zero-order valence-corrected chi connectivity index (χ0v) is 11.2. The Bertz CT molecular complexity index is 608. The first-order valence-corrected chi connectivity index (χ1v) is 6.11. The zero-order valence-electron chi connectivity index (χ0n) is 8.88. The predicted octanol–water partition coefficient (Wildman–Crippen LogP) is 4.61. The minimum absolute atomic E-state index is 0.0282. The van der Waals surface area contributed by atoms with Gasteiger partial charge in [-0.15, -0.1) is 0 Å². The van der Waals surface area contributed by atoms with Crippen LogP contribution in [0.1, 0.15) is 15.9 Å². The number of hydrogen-bond donors (Lipinski definition) is 0. The van der Waals surface area contributed by atoms with E-state index in [0.29, 0.717) is 0 Å². The van der Waals surface area contributed by atoms with Crippen LogP contribution in [-0.4, -0.2) is 5.78 Å². The van der Waals surface area contributed by atoms with Crippen LogP contribution in [0.3, 0.4) is 0 Å². The largest absolute Gasteiger partial charge is 0.288 e. The van der Waals surface area contributed by atoms with Gasteiger partial charge in [0, 0.05) is 5.56 Å². The first kappa shape index (κ1) is 13.2. The summed E-state index contributed by atoms with van der Waals surface area (Å²) in [5, 5.41) is 0.0282. The summed E-state index contributed by atoms with van der Waals surface area (Å²) in [5.74, 6) is -1.78. The van der Waals surface area contributed by atoms with Gasteiger partial charge in [0.2, 0.25) is 0 Å². The van der Waals surface area contributed by atoms with Gasteiger partial charge in [0.25, 0.3) is 0 Å². The number of carbonyl (C=O) groups excluding carboxylic acids is 1. The van der Waals surface area contributed by atoms with Gasteiger partial charge in [-0.3, -0.25) is 4.79 Å². The maximum absolute atomic E-state index is 13.6. The molecule has 0 radical (unpaired) electrons. The topological polar surface area (TPSA) is 17.1 Å². The Labute approximate surface area is 116 Å². The average Bonchev–Trinajstić information content (AvgIpc) is 2.32. The second kappa shape index (κ2) is 5.16. The van der Waals surface area contributed by atoms with E-state index in [1.54, 1.807) is 0 Å². The highest BCUT2D eigenvalue weighted by Gasteiger charge is 2.18. The van der Waals surface area contributed by atoms with Crippen molar-refractivity contribution < 1.29 is 13.6 Å². The van der Waals surface area contributed by atoms with E-state index in [9.17, 15) is 13.6 Å². The molecule has 0 N–H and O–H groups in total. The van der Waals surface area contributed by atoms with E-state index < -0.39 is 17.4 Å². The Kier molecular flexibility index (Phi) is 3.78. The van der Waals surface area contributed by atoms with Crippen LogP contribution in [0.2, 0.25) is 5.02 Å². The summed E-state index contributed by atoms with van der Waals surface area (Å²) < 4.78 is 26.8. The molecule has 18 heavy (non-hydrogen) atoms. The van der Waals surface area contributed by atoms with E-state index in [0.717, 1.165) is 12.1 Å². The first-order chi connectivity index (χ1) is 8.50. The molecule has 0 heterocycles. The Balaban J connectivity index is 2.51. The first-order valence-electron chi connectivity index (χ1n) is 4.94. The van der Waals surface area contributed by atoms with Crippen LogP contribution in [0, 0.1) is 11.6 Å². The summed E-state index contributed by atoms with van der Waals surface area (Å²) in [7, 11) is 0. The summed E-state index contributed by atoms with van der Waals surface area (Å²) >= 11 is 8.77. The Morgan fingerprint density at radius 2 is 1.83 bits per heavy atom. The van der Waals surface area contributed by atoms with Crippen LogP contribution in [-0.2, 0) is 0 Å². The Morgan fingerprint density at radius 1 is 1.11 bits per heavy atom. The molecule has 0 fully saturated rings. The van der Waals surface area contributed by atoms with Gasteiger partial charge in [-0.1, -0.05) is 17.7 Å². The lowest BCUT2D eigenvalue weighted by atomic mass is 10.0. The summed E-state index contributed by atoms with van der Waals surface area (Å²) in [5.41, 5.74) is -0.0482. The molecule has 0 saturated heterocycles. The van der Waals surface area contributed by atoms with Crippen LogP contribution in [0.25, 0.3) is 0 Å². The molecule has 2 aromatic rings. The summed E-state index contributed by atoms with van der Waals surface area (Å²) in [6.45, 7) is 0. The molecule has 0 bridgehead atoms. The summed E-state index contributed by atoms with van der Waals surface area (Å²) in [4.78, 5) is 12.1. The molecular formula is C13H6BrClF2O. The van der Waals surface area contributed by atoms with Crippen molar-refractivity contribution in [3.8, 4) is 0 Å². The second-order valence-electron chi connectivity index (χ2n) is 3.55. The van der Waals surface area contributed by atoms with Crippen molar-refractivity contribution in [2.45, 2.75) is 0 Å². The van der Waals surface area contributed by atoms with Crippen LogP contribution >= 0.6 is 27.5 Å². The molecule has 5 heteroatoms. The number of hydrogen-bond acceptors (Lipinski definition) is 1. The third-order valence-corrected chi connectivity index (χ3v) is 3.29. The molecule has 0 amide bonds. The van der Waals surface area contributed by atoms with E-state index in [1.807, 2.05) is 0 Å². The fraction of sp³-hybridized carbons (Fsp3) is 0. The van der Waals surface area contributed by atoms with Crippen molar-refractivity contribution in [2.24, 2.45) is 0 Å². The Morgan fingerprint density at radius 3 is 2.44 bits per heavy atom. The number of ketones is 1. The molecule has 92 valence electrons. The van der Waals surface area contributed by atoms with Crippen LogP contribution < -0.4 is 0 Å². The molecule has 2 aromatic carbocycles. The highest BCUT2D eigenvalue weighted by atomic mass is 79.9. The third-order valence-electron chi connectivity index (χ3n) is 2.37. The summed E-state index contributed by atoms with van der Waals surface area (Å²) in [6, 6.07) is 7.70. The highest BCUT2D eigenvalue weighted by Crippen LogP contribution is 2.24. The van der Waals surface area contributed by atoms with Gasteiger partial charge in [-0.2, -0.15) is 0 Å². The van der Waals surface area contributed by atoms with E-state index in [2.05, 4.69) is 15.9 Å². The molecule has 2 rings (SSSR count). The summed E-state index contributed by atoms with van der Waals surface area (Å²) in [6.07, 6.45) is 0. The molecule has 0 aliphatic heterocycles. The maximum atomic E-state index is 13.6. The van der Waals surface area contributed by atoms with Crippen LogP contribution in [0.15, 0.2) is 40.9 Å². The van der Waals surface area contributed by atoms with E-state index in [1.165, 1.54) is 24.3 Å². The lowest BCUT2D eigenvalue weighted by molar-refractivity contribution is 0.103. The number of carbonyl (C=O) groups is 1. The van der Waals surface area contributed by atoms with Gasteiger partial charge < -0.3 is 0 Å². The molecule has 0 saturated carbocycles. The molecule has 1 nitrogen and oxygen atoms in total. The number of rotatable bonds is 2. The third kappa shape index (κ3) is 2.44. The number of benzene rings is 2. The fourth-order valence-corrected chi connectivity index (χ4v) is 2.12. The SMILES string of the molecule is O=C(c1ccc(F)c(Br)c1)c1c(F)cccc1Cl. The van der Waals surface area contributed by atoms with Gasteiger partial charge in [-0.05, 0) is 46.3 Å². The monoisotopic (exact) mass is 330 g/mol. The van der Waals surface area contributed by atoms with Crippen molar-refractivity contribution in [1.82, 2.24) is 0 Å². The molecular weight excluding hydrogens is 325 g/mol. The lowest BCUT2D eigenvalue weighted by Crippen LogP contribution is -2.05. The molecule has 0 atom stereocenters. The van der Waals surface area contributed by atoms with Gasteiger partial charge in [0.05, 0.1) is 15.1 Å². The van der Waals surface area contributed by atoms with E-state index in [-0.39, 0.29) is 20.6 Å². The number of halogens is 4. The van der Waals surface area contributed by atoms with Crippen molar-refractivity contribution in [1.29, 1.82) is 0 Å². The lowest BCUT2D eigenvalue weighted by Gasteiger charge is -2.05. The van der Waals surface area contributed by atoms with Gasteiger partial charge in [0.15, 0.2) is 5.78 Å². The zero-order chi connectivity index (χ0) is 13.3. The maximum Gasteiger partial charge on any atom is 0.197 e. The fourth-order valence-electron chi connectivity index (χ4n) is 1.50. The van der Waals surface area contributed by atoms with Crippen molar-refractivity contribution >= 4 is 33.3 Å². The smallest absolute Gasteiger partial charge is 0.197 e. The molecule has 0 aromatic heterocycles. The normalized spacial score (nSPS) is 10.4. The van der Waals surface area contributed by atoms with Crippen molar-refractivity contribution in [3.63, 3.8) is 0 Å².